The van der Waals surface area contributed by atoms with E-state index in [2.05, 4.69) is 50.2 Å². The fourth-order valence-electron chi connectivity index (χ4n) is 4.62. The number of piperazine rings is 1. The van der Waals surface area contributed by atoms with Crippen LogP contribution >= 0.6 is 0 Å². The molecular formula is C24H30N6O. The highest BCUT2D eigenvalue weighted by atomic mass is 16.2. The van der Waals surface area contributed by atoms with Crippen molar-refractivity contribution in [3.05, 3.63) is 47.9 Å². The number of carbonyl (C=O) groups excluding carboxylic acids is 1. The summed E-state index contributed by atoms with van der Waals surface area (Å²) in [4.78, 5) is 24.3. The summed E-state index contributed by atoms with van der Waals surface area (Å²) in [5.74, 6) is 0.00785. The molecule has 2 aromatic heterocycles. The highest BCUT2D eigenvalue weighted by molar-refractivity contribution is 6.05. The van der Waals surface area contributed by atoms with Crippen molar-refractivity contribution in [2.24, 2.45) is 0 Å². The number of nitrogens with one attached hydrogen (secondary N) is 1. The molecule has 1 aromatic carbocycles. The summed E-state index contributed by atoms with van der Waals surface area (Å²) in [6, 6.07) is 8.39. The third-order valence-corrected chi connectivity index (χ3v) is 6.54. The Morgan fingerprint density at radius 1 is 0.968 bits per heavy atom. The van der Waals surface area contributed by atoms with Crippen LogP contribution in [0.15, 0.2) is 36.7 Å². The average Bonchev–Trinajstić information content (AvgIpc) is 3.23. The maximum Gasteiger partial charge on any atom is 0.275 e. The summed E-state index contributed by atoms with van der Waals surface area (Å²) in [5.41, 5.74) is 4.78. The van der Waals surface area contributed by atoms with Crippen LogP contribution in [0.3, 0.4) is 0 Å². The van der Waals surface area contributed by atoms with Gasteiger partial charge in [0.2, 0.25) is 0 Å². The number of H-pyrrole nitrogens is 1. The summed E-state index contributed by atoms with van der Waals surface area (Å²) in [6.45, 7) is 6.56. The van der Waals surface area contributed by atoms with E-state index in [1.165, 1.54) is 37.9 Å². The fourth-order valence-corrected chi connectivity index (χ4v) is 4.62. The minimum Gasteiger partial charge on any atom is -0.335 e. The first kappa shape index (κ1) is 20.2. The van der Waals surface area contributed by atoms with Gasteiger partial charge in [0.1, 0.15) is 0 Å². The molecule has 1 N–H and O–H groups in total. The third kappa shape index (κ3) is 4.34. The molecule has 2 aliphatic rings. The molecule has 0 spiro atoms. The van der Waals surface area contributed by atoms with E-state index in [0.29, 0.717) is 5.69 Å². The number of amides is 1. The Labute approximate surface area is 183 Å². The molecule has 7 heteroatoms. The van der Waals surface area contributed by atoms with Crippen LogP contribution in [0.4, 0.5) is 0 Å². The number of rotatable bonds is 4. The Hall–Kier alpha value is -2.77. The predicted octanol–water partition coefficient (Wildman–Crippen LogP) is 3.00. The van der Waals surface area contributed by atoms with E-state index in [4.69, 9.17) is 0 Å². The monoisotopic (exact) mass is 418 g/mol. The number of hydrogen-bond donors (Lipinski definition) is 1. The Bertz CT molecular complexity index is 1060. The first-order valence-corrected chi connectivity index (χ1v) is 11.3. The maximum atomic E-state index is 13.1. The lowest BCUT2D eigenvalue weighted by Gasteiger charge is -2.32. The number of fused-ring (bicyclic) bond motifs is 1. The van der Waals surface area contributed by atoms with Gasteiger partial charge in [0.05, 0.1) is 5.52 Å². The molecule has 1 amide bonds. The molecule has 0 bridgehead atoms. The Kier molecular flexibility index (Phi) is 5.70. The molecule has 2 fully saturated rings. The van der Waals surface area contributed by atoms with Crippen LogP contribution in [0.1, 0.15) is 35.3 Å². The van der Waals surface area contributed by atoms with Crippen LogP contribution in [0.5, 0.6) is 0 Å². The number of carbonyl (C=O) groups is 1. The molecule has 2 saturated heterocycles. The van der Waals surface area contributed by atoms with Gasteiger partial charge < -0.3 is 9.80 Å². The van der Waals surface area contributed by atoms with Crippen molar-refractivity contribution in [3.8, 4) is 11.1 Å². The van der Waals surface area contributed by atoms with Crippen LogP contribution in [-0.4, -0.2) is 82.1 Å². The lowest BCUT2D eigenvalue weighted by molar-refractivity contribution is 0.0660. The van der Waals surface area contributed by atoms with E-state index >= 15 is 0 Å². The zero-order valence-electron chi connectivity index (χ0n) is 18.2. The molecule has 0 unspecified atom stereocenters. The van der Waals surface area contributed by atoms with Crippen LogP contribution < -0.4 is 0 Å². The quantitative estimate of drug-likeness (QED) is 0.706. The first-order valence-electron chi connectivity index (χ1n) is 11.3. The van der Waals surface area contributed by atoms with Crippen molar-refractivity contribution in [3.63, 3.8) is 0 Å². The molecule has 0 atom stereocenters. The number of nitrogens with zero attached hydrogens (tertiary/aromatic N) is 5. The summed E-state index contributed by atoms with van der Waals surface area (Å²) in [7, 11) is 2.09. The first-order chi connectivity index (χ1) is 15.2. The summed E-state index contributed by atoms with van der Waals surface area (Å²) < 4.78 is 0. The van der Waals surface area contributed by atoms with E-state index in [1.54, 1.807) is 0 Å². The van der Waals surface area contributed by atoms with Crippen molar-refractivity contribution in [2.75, 3.05) is 46.3 Å². The van der Waals surface area contributed by atoms with Crippen LogP contribution in [0.2, 0.25) is 0 Å². The number of pyridine rings is 1. The van der Waals surface area contributed by atoms with Gasteiger partial charge in [-0.25, -0.2) is 0 Å². The highest BCUT2D eigenvalue weighted by Gasteiger charge is 2.24. The number of piperidine rings is 1. The minimum absolute atomic E-state index is 0.00785. The van der Waals surface area contributed by atoms with Gasteiger partial charge in [-0.15, -0.1) is 0 Å². The minimum atomic E-state index is 0.00785. The summed E-state index contributed by atoms with van der Waals surface area (Å²) in [6.07, 6.45) is 7.79. The maximum absolute atomic E-state index is 13.1. The van der Waals surface area contributed by atoms with E-state index in [9.17, 15) is 4.79 Å². The van der Waals surface area contributed by atoms with Crippen molar-refractivity contribution in [2.45, 2.75) is 25.8 Å². The second kappa shape index (κ2) is 8.77. The van der Waals surface area contributed by atoms with Gasteiger partial charge >= 0.3 is 0 Å². The molecule has 0 radical (unpaired) electrons. The van der Waals surface area contributed by atoms with E-state index in [-0.39, 0.29) is 5.91 Å². The van der Waals surface area contributed by atoms with Crippen LogP contribution in [0.25, 0.3) is 22.0 Å². The van der Waals surface area contributed by atoms with Gasteiger partial charge in [0.25, 0.3) is 5.91 Å². The van der Waals surface area contributed by atoms with Crippen molar-refractivity contribution < 1.29 is 4.79 Å². The van der Waals surface area contributed by atoms with Crippen molar-refractivity contribution >= 4 is 16.8 Å². The van der Waals surface area contributed by atoms with Gasteiger partial charge in [0, 0.05) is 56.1 Å². The smallest absolute Gasteiger partial charge is 0.275 e. The number of aromatic nitrogens is 3. The Balaban J connectivity index is 1.40. The molecule has 5 rings (SSSR count). The molecular weight excluding hydrogens is 388 g/mol. The molecule has 31 heavy (non-hydrogen) atoms. The predicted molar refractivity (Wildman–Crippen MR) is 122 cm³/mol. The Morgan fingerprint density at radius 3 is 2.58 bits per heavy atom. The normalized spacial score (nSPS) is 18.5. The van der Waals surface area contributed by atoms with Crippen LogP contribution in [0, 0.1) is 0 Å². The highest BCUT2D eigenvalue weighted by Crippen LogP contribution is 2.27. The molecule has 0 saturated carbocycles. The van der Waals surface area contributed by atoms with Gasteiger partial charge in [-0.3, -0.25) is 19.8 Å². The second-order valence-corrected chi connectivity index (χ2v) is 8.85. The zero-order chi connectivity index (χ0) is 21.2. The SMILES string of the molecule is CN1CCN(C(=O)c2n[nH]c3ccc(-c4cncc(CN5CCCCC5)c4)cc23)CC1. The van der Waals surface area contributed by atoms with Crippen molar-refractivity contribution in [1.82, 2.24) is 29.9 Å². The third-order valence-electron chi connectivity index (χ3n) is 6.54. The number of likely N-dealkylation sites (N-methyl/N-ethyl adjacent to an activating group) is 1. The summed E-state index contributed by atoms with van der Waals surface area (Å²) in [5, 5.41) is 8.28. The van der Waals surface area contributed by atoms with Gasteiger partial charge in [-0.2, -0.15) is 5.10 Å². The topological polar surface area (TPSA) is 68.4 Å². The van der Waals surface area contributed by atoms with E-state index in [1.807, 2.05) is 23.4 Å². The molecule has 162 valence electrons. The van der Waals surface area contributed by atoms with Crippen molar-refractivity contribution in [1.29, 1.82) is 0 Å². The fraction of sp³-hybridized carbons (Fsp3) is 0.458. The van der Waals surface area contributed by atoms with E-state index < -0.39 is 0 Å². The average molecular weight is 419 g/mol. The lowest BCUT2D eigenvalue weighted by Crippen LogP contribution is -2.47. The summed E-state index contributed by atoms with van der Waals surface area (Å²) >= 11 is 0. The molecule has 4 heterocycles. The molecule has 7 nitrogen and oxygen atoms in total. The van der Waals surface area contributed by atoms with E-state index in [0.717, 1.165) is 54.8 Å². The molecule has 2 aliphatic heterocycles. The number of benzene rings is 1. The number of aromatic amines is 1. The second-order valence-electron chi connectivity index (χ2n) is 8.85. The molecule has 0 aliphatic carbocycles. The van der Waals surface area contributed by atoms with Crippen LogP contribution in [-0.2, 0) is 6.54 Å². The lowest BCUT2D eigenvalue weighted by atomic mass is 10.0. The van der Waals surface area contributed by atoms with Gasteiger partial charge in [0.15, 0.2) is 5.69 Å². The number of hydrogen-bond acceptors (Lipinski definition) is 5. The largest absolute Gasteiger partial charge is 0.335 e. The number of likely N-dealkylation sites (tertiary alicyclic amines) is 1. The standard InChI is InChI=1S/C24H30N6O/c1-28-9-11-30(12-10-28)24(31)23-21-14-19(5-6-22(21)26-27-23)20-13-18(15-25-16-20)17-29-7-3-2-4-8-29/h5-6,13-16H,2-4,7-12,17H2,1H3,(H,26,27). The zero-order valence-corrected chi connectivity index (χ0v) is 18.2. The van der Waals surface area contributed by atoms with Gasteiger partial charge in [-0.1, -0.05) is 12.5 Å². The molecule has 3 aromatic rings. The van der Waals surface area contributed by atoms with Gasteiger partial charge in [-0.05, 0) is 62.3 Å². The Morgan fingerprint density at radius 2 is 1.77 bits per heavy atom.